The number of hydrazone groups is 1. The van der Waals surface area contributed by atoms with E-state index in [4.69, 9.17) is 9.47 Å². The number of aromatic nitrogens is 1. The van der Waals surface area contributed by atoms with E-state index in [1.165, 1.54) is 41.1 Å². The van der Waals surface area contributed by atoms with Gasteiger partial charge in [0.15, 0.2) is 0 Å². The Hall–Kier alpha value is -2.78. The zero-order chi connectivity index (χ0) is 17.9. The van der Waals surface area contributed by atoms with Crippen molar-refractivity contribution >= 4 is 50.1 Å². The molecule has 9 heteroatoms. The molecule has 3 aromatic rings. The van der Waals surface area contributed by atoms with Gasteiger partial charge in [0.2, 0.25) is 10.9 Å². The summed E-state index contributed by atoms with van der Waals surface area (Å²) in [5.41, 5.74) is 0.588. The van der Waals surface area contributed by atoms with E-state index >= 15 is 0 Å². The molecule has 26 heavy (non-hydrogen) atoms. The second-order valence-electron chi connectivity index (χ2n) is 5.19. The maximum atomic E-state index is 13.5. The standard InChI is InChI=1S/C17H12FN3O3S2/c18-11-3-4-13-15(8-11)26-17(20-13)21(19-9-12-2-1-7-25-12)16(22)14-10-23-5-6-24-14/h1-4,7-10H,5-6H2/b19-9-. The van der Waals surface area contributed by atoms with Crippen LogP contribution in [-0.2, 0) is 14.3 Å². The van der Waals surface area contributed by atoms with Crippen molar-refractivity contribution < 1.29 is 18.7 Å². The number of benzene rings is 1. The minimum absolute atomic E-state index is 0.0463. The average molecular weight is 389 g/mol. The molecule has 0 unspecified atom stereocenters. The molecule has 0 atom stereocenters. The minimum Gasteiger partial charge on any atom is -0.494 e. The summed E-state index contributed by atoms with van der Waals surface area (Å²) >= 11 is 2.66. The van der Waals surface area contributed by atoms with Gasteiger partial charge in [-0.15, -0.1) is 11.3 Å². The third-order valence-electron chi connectivity index (χ3n) is 3.42. The lowest BCUT2D eigenvalue weighted by molar-refractivity contribution is -0.119. The minimum atomic E-state index is -0.503. The average Bonchev–Trinajstić information content (AvgIpc) is 3.31. The molecule has 0 saturated heterocycles. The Bertz CT molecular complexity index is 998. The Morgan fingerprint density at radius 3 is 3.04 bits per heavy atom. The number of halogens is 1. The number of fused-ring (bicyclic) bond motifs is 1. The van der Waals surface area contributed by atoms with Gasteiger partial charge in [0, 0.05) is 4.88 Å². The van der Waals surface area contributed by atoms with Crippen LogP contribution < -0.4 is 5.01 Å². The van der Waals surface area contributed by atoms with Crippen molar-refractivity contribution in [2.75, 3.05) is 18.2 Å². The van der Waals surface area contributed by atoms with Crippen molar-refractivity contribution in [1.29, 1.82) is 0 Å². The molecule has 1 amide bonds. The molecule has 132 valence electrons. The Labute approximate surface area is 155 Å². The smallest absolute Gasteiger partial charge is 0.319 e. The van der Waals surface area contributed by atoms with Crippen molar-refractivity contribution in [2.45, 2.75) is 0 Å². The SMILES string of the molecule is O=C(C1=COCCO1)N(/N=C\c1cccs1)c1nc2ccc(F)cc2s1. The molecule has 0 N–H and O–H groups in total. The molecule has 1 aromatic carbocycles. The van der Waals surface area contributed by atoms with E-state index in [-0.39, 0.29) is 18.2 Å². The fourth-order valence-corrected chi connectivity index (χ4v) is 3.76. The molecule has 0 aliphatic carbocycles. The summed E-state index contributed by atoms with van der Waals surface area (Å²) in [5.74, 6) is -0.818. The number of carbonyl (C=O) groups excluding carboxylic acids is 1. The second kappa shape index (κ2) is 7.22. The number of rotatable bonds is 4. The Balaban J connectivity index is 1.73. The summed E-state index contributed by atoms with van der Waals surface area (Å²) < 4.78 is 24.6. The van der Waals surface area contributed by atoms with Crippen LogP contribution in [0, 0.1) is 5.82 Å². The molecular weight excluding hydrogens is 377 g/mol. The molecule has 2 aromatic heterocycles. The fraction of sp³-hybridized carbons (Fsp3) is 0.118. The highest BCUT2D eigenvalue weighted by Crippen LogP contribution is 2.30. The number of thiazole rings is 1. The fourth-order valence-electron chi connectivity index (χ4n) is 2.23. The van der Waals surface area contributed by atoms with Crippen LogP contribution in [0.5, 0.6) is 0 Å². The predicted octanol–water partition coefficient (Wildman–Crippen LogP) is 3.75. The summed E-state index contributed by atoms with van der Waals surface area (Å²) in [6.07, 6.45) is 2.84. The maximum absolute atomic E-state index is 13.5. The molecule has 0 spiro atoms. The van der Waals surface area contributed by atoms with Gasteiger partial charge in [0.25, 0.3) is 0 Å². The highest BCUT2D eigenvalue weighted by molar-refractivity contribution is 7.22. The van der Waals surface area contributed by atoms with Gasteiger partial charge in [-0.3, -0.25) is 4.79 Å². The lowest BCUT2D eigenvalue weighted by atomic mass is 10.3. The third-order valence-corrected chi connectivity index (χ3v) is 5.22. The van der Waals surface area contributed by atoms with Crippen LogP contribution in [0.1, 0.15) is 4.88 Å². The number of hydrogen-bond acceptors (Lipinski definition) is 7. The van der Waals surface area contributed by atoms with Gasteiger partial charge in [0.05, 0.1) is 16.4 Å². The number of amides is 1. The number of nitrogens with zero attached hydrogens (tertiary/aromatic N) is 3. The summed E-state index contributed by atoms with van der Waals surface area (Å²) in [5, 5.41) is 7.65. The van der Waals surface area contributed by atoms with Crippen molar-refractivity contribution in [3.05, 3.63) is 58.4 Å². The summed E-state index contributed by atoms with van der Waals surface area (Å²) in [6.45, 7) is 0.667. The van der Waals surface area contributed by atoms with Crippen LogP contribution in [-0.4, -0.2) is 30.3 Å². The Morgan fingerprint density at radius 1 is 1.35 bits per heavy atom. The first-order valence-electron chi connectivity index (χ1n) is 7.63. The normalized spacial score (nSPS) is 14.1. The molecule has 3 heterocycles. The van der Waals surface area contributed by atoms with Gasteiger partial charge in [-0.1, -0.05) is 17.4 Å². The quantitative estimate of drug-likeness (QED) is 0.504. The van der Waals surface area contributed by atoms with Crippen molar-refractivity contribution in [3.8, 4) is 0 Å². The molecule has 1 aliphatic rings. The molecule has 0 fully saturated rings. The van der Waals surface area contributed by atoms with E-state index in [0.29, 0.717) is 22.0 Å². The molecule has 6 nitrogen and oxygen atoms in total. The van der Waals surface area contributed by atoms with Crippen LogP contribution in [0.3, 0.4) is 0 Å². The molecule has 1 aliphatic heterocycles. The Kier molecular flexibility index (Phi) is 4.63. The van der Waals surface area contributed by atoms with Crippen LogP contribution in [0.15, 0.2) is 52.8 Å². The summed E-state index contributed by atoms with van der Waals surface area (Å²) in [7, 11) is 0. The monoisotopic (exact) mass is 389 g/mol. The summed E-state index contributed by atoms with van der Waals surface area (Å²) in [4.78, 5) is 18.1. The van der Waals surface area contributed by atoms with Gasteiger partial charge < -0.3 is 9.47 Å². The van der Waals surface area contributed by atoms with Crippen LogP contribution in [0.2, 0.25) is 0 Å². The lowest BCUT2D eigenvalue weighted by Crippen LogP contribution is -2.30. The van der Waals surface area contributed by atoms with Gasteiger partial charge >= 0.3 is 5.91 Å². The first-order chi connectivity index (χ1) is 12.7. The number of carbonyl (C=O) groups is 1. The molecule has 4 rings (SSSR count). The van der Waals surface area contributed by atoms with Crippen molar-refractivity contribution in [1.82, 2.24) is 4.98 Å². The number of hydrogen-bond donors (Lipinski definition) is 0. The number of ether oxygens (including phenoxy) is 2. The zero-order valence-electron chi connectivity index (χ0n) is 13.3. The van der Waals surface area contributed by atoms with E-state index in [2.05, 4.69) is 10.1 Å². The first-order valence-corrected chi connectivity index (χ1v) is 9.33. The van der Waals surface area contributed by atoms with Gasteiger partial charge in [0.1, 0.15) is 25.3 Å². The van der Waals surface area contributed by atoms with Crippen LogP contribution in [0.4, 0.5) is 9.52 Å². The highest BCUT2D eigenvalue weighted by Gasteiger charge is 2.26. The molecule has 0 bridgehead atoms. The van der Waals surface area contributed by atoms with E-state index < -0.39 is 5.91 Å². The maximum Gasteiger partial charge on any atom is 0.319 e. The molecule has 0 radical (unpaired) electrons. The third kappa shape index (κ3) is 3.44. The largest absolute Gasteiger partial charge is 0.494 e. The van der Waals surface area contributed by atoms with Crippen molar-refractivity contribution in [3.63, 3.8) is 0 Å². The summed E-state index contributed by atoms with van der Waals surface area (Å²) in [6, 6.07) is 8.04. The van der Waals surface area contributed by atoms with Gasteiger partial charge in [-0.2, -0.15) is 10.1 Å². The van der Waals surface area contributed by atoms with E-state index in [9.17, 15) is 9.18 Å². The van der Waals surface area contributed by atoms with Gasteiger partial charge in [-0.25, -0.2) is 9.37 Å². The van der Waals surface area contributed by atoms with E-state index in [0.717, 1.165) is 9.89 Å². The van der Waals surface area contributed by atoms with Gasteiger partial charge in [-0.05, 0) is 29.6 Å². The first kappa shape index (κ1) is 16.7. The lowest BCUT2D eigenvalue weighted by Gasteiger charge is -2.18. The topological polar surface area (TPSA) is 64.0 Å². The van der Waals surface area contributed by atoms with Crippen LogP contribution in [0.25, 0.3) is 10.2 Å². The highest BCUT2D eigenvalue weighted by atomic mass is 32.1. The van der Waals surface area contributed by atoms with E-state index in [1.807, 2.05) is 17.5 Å². The predicted molar refractivity (Wildman–Crippen MR) is 99.0 cm³/mol. The van der Waals surface area contributed by atoms with E-state index in [1.54, 1.807) is 12.3 Å². The molecule has 0 saturated carbocycles. The van der Waals surface area contributed by atoms with Crippen molar-refractivity contribution in [2.24, 2.45) is 5.10 Å². The second-order valence-corrected chi connectivity index (χ2v) is 7.18. The Morgan fingerprint density at radius 2 is 2.27 bits per heavy atom. The zero-order valence-corrected chi connectivity index (χ0v) is 14.9. The molecular formula is C17H12FN3O3S2. The number of anilines is 1. The van der Waals surface area contributed by atoms with Crippen LogP contribution >= 0.6 is 22.7 Å². The number of thiophene rings is 1.